The summed E-state index contributed by atoms with van der Waals surface area (Å²) in [6, 6.07) is 4.76. The van der Waals surface area contributed by atoms with E-state index in [1.54, 1.807) is 6.92 Å². The molecule has 0 saturated carbocycles. The van der Waals surface area contributed by atoms with Crippen LogP contribution >= 0.6 is 0 Å². The van der Waals surface area contributed by atoms with Crippen LogP contribution in [0.15, 0.2) is 23.1 Å². The summed E-state index contributed by atoms with van der Waals surface area (Å²) in [5, 5.41) is 19.5. The molecule has 0 aliphatic rings. The molecule has 0 bridgehead atoms. The molecule has 1 aromatic rings. The fourth-order valence-electron chi connectivity index (χ4n) is 1.54. The van der Waals surface area contributed by atoms with Crippen molar-refractivity contribution in [1.29, 1.82) is 5.26 Å². The standard InChI is InChI=1S/C11H13N3O4S/c1-3-9(7-12)13-19(17,18)11-6-4-5-10(8(11)2)14(15)16/h4-6,9,13H,3H2,1-2H3. The van der Waals surface area contributed by atoms with E-state index in [2.05, 4.69) is 4.72 Å². The Morgan fingerprint density at radius 2 is 2.16 bits per heavy atom. The highest BCUT2D eigenvalue weighted by molar-refractivity contribution is 7.89. The molecule has 1 aromatic carbocycles. The van der Waals surface area contributed by atoms with E-state index >= 15 is 0 Å². The lowest BCUT2D eigenvalue weighted by atomic mass is 10.2. The van der Waals surface area contributed by atoms with Crippen LogP contribution in [-0.2, 0) is 10.0 Å². The summed E-state index contributed by atoms with van der Waals surface area (Å²) in [5.41, 5.74) is -0.222. The van der Waals surface area contributed by atoms with Crippen molar-refractivity contribution in [2.24, 2.45) is 0 Å². The minimum atomic E-state index is -3.95. The van der Waals surface area contributed by atoms with Crippen LogP contribution in [-0.4, -0.2) is 19.4 Å². The van der Waals surface area contributed by atoms with Crippen LogP contribution in [0.4, 0.5) is 5.69 Å². The van der Waals surface area contributed by atoms with Crippen LogP contribution < -0.4 is 4.72 Å². The van der Waals surface area contributed by atoms with Crippen LogP contribution in [0.1, 0.15) is 18.9 Å². The third-order valence-electron chi connectivity index (χ3n) is 2.60. The smallest absolute Gasteiger partial charge is 0.258 e. The van der Waals surface area contributed by atoms with Gasteiger partial charge < -0.3 is 0 Å². The number of hydrogen-bond donors (Lipinski definition) is 1. The lowest BCUT2D eigenvalue weighted by molar-refractivity contribution is -0.385. The summed E-state index contributed by atoms with van der Waals surface area (Å²) in [4.78, 5) is 9.95. The fraction of sp³-hybridized carbons (Fsp3) is 0.364. The topological polar surface area (TPSA) is 113 Å². The Hall–Kier alpha value is -1.98. The molecule has 19 heavy (non-hydrogen) atoms. The number of nitriles is 1. The number of nitro groups is 1. The minimum Gasteiger partial charge on any atom is -0.258 e. The number of nitro benzene ring substituents is 1. The summed E-state index contributed by atoms with van der Waals surface area (Å²) in [5.74, 6) is 0. The molecule has 0 aliphatic carbocycles. The molecule has 1 atom stereocenters. The van der Waals surface area contributed by atoms with E-state index in [0.717, 1.165) is 0 Å². The van der Waals surface area contributed by atoms with Crippen molar-refractivity contribution in [2.45, 2.75) is 31.2 Å². The number of nitrogens with one attached hydrogen (secondary N) is 1. The molecule has 0 saturated heterocycles. The molecule has 0 fully saturated rings. The third kappa shape index (κ3) is 3.27. The molecule has 0 aliphatic heterocycles. The predicted molar refractivity (Wildman–Crippen MR) is 67.8 cm³/mol. The normalized spacial score (nSPS) is 12.7. The van der Waals surface area contributed by atoms with Crippen molar-refractivity contribution in [3.8, 4) is 6.07 Å². The molecule has 7 nitrogen and oxygen atoms in total. The molecular weight excluding hydrogens is 270 g/mol. The Balaban J connectivity index is 3.27. The van der Waals surface area contributed by atoms with Crippen LogP contribution in [0, 0.1) is 28.4 Å². The van der Waals surface area contributed by atoms with Crippen molar-refractivity contribution in [2.75, 3.05) is 0 Å². The highest BCUT2D eigenvalue weighted by atomic mass is 32.2. The van der Waals surface area contributed by atoms with E-state index < -0.39 is 21.0 Å². The second-order valence-electron chi connectivity index (χ2n) is 3.87. The predicted octanol–water partition coefficient (Wildman–Crippen LogP) is 1.48. The quantitative estimate of drug-likeness (QED) is 0.649. The maximum Gasteiger partial charge on any atom is 0.273 e. The molecule has 1 rings (SSSR count). The maximum atomic E-state index is 12.1. The zero-order valence-electron chi connectivity index (χ0n) is 10.5. The van der Waals surface area contributed by atoms with Crippen LogP contribution in [0.3, 0.4) is 0 Å². The van der Waals surface area contributed by atoms with E-state index in [-0.39, 0.29) is 16.1 Å². The first-order chi connectivity index (χ1) is 8.83. The van der Waals surface area contributed by atoms with Gasteiger partial charge in [0.2, 0.25) is 10.0 Å². The average Bonchev–Trinajstić information content (AvgIpc) is 2.35. The van der Waals surface area contributed by atoms with Crippen molar-refractivity contribution in [3.63, 3.8) is 0 Å². The van der Waals surface area contributed by atoms with E-state index in [0.29, 0.717) is 6.42 Å². The van der Waals surface area contributed by atoms with Gasteiger partial charge in [0.05, 0.1) is 15.9 Å². The van der Waals surface area contributed by atoms with Crippen LogP contribution in [0.5, 0.6) is 0 Å². The lowest BCUT2D eigenvalue weighted by Gasteiger charge is -2.11. The summed E-state index contributed by atoms with van der Waals surface area (Å²) in [6.45, 7) is 3.02. The molecule has 1 N–H and O–H groups in total. The number of hydrogen-bond acceptors (Lipinski definition) is 5. The lowest BCUT2D eigenvalue weighted by Crippen LogP contribution is -2.33. The third-order valence-corrected chi connectivity index (χ3v) is 4.22. The maximum absolute atomic E-state index is 12.1. The highest BCUT2D eigenvalue weighted by Crippen LogP contribution is 2.24. The fourth-order valence-corrected chi connectivity index (χ4v) is 3.03. The van der Waals surface area contributed by atoms with Gasteiger partial charge >= 0.3 is 0 Å². The van der Waals surface area contributed by atoms with Crippen LogP contribution in [0.2, 0.25) is 0 Å². The van der Waals surface area contributed by atoms with Gasteiger partial charge in [-0.25, -0.2) is 8.42 Å². The van der Waals surface area contributed by atoms with Gasteiger partial charge in [0.1, 0.15) is 6.04 Å². The second kappa shape index (κ2) is 5.77. The van der Waals surface area contributed by atoms with E-state index in [1.807, 2.05) is 6.07 Å². The van der Waals surface area contributed by atoms with E-state index in [1.165, 1.54) is 25.1 Å². The van der Waals surface area contributed by atoms with Gasteiger partial charge in [-0.15, -0.1) is 0 Å². The molecular formula is C11H13N3O4S. The highest BCUT2D eigenvalue weighted by Gasteiger charge is 2.24. The molecule has 0 spiro atoms. The van der Waals surface area contributed by atoms with Gasteiger partial charge in [-0.05, 0) is 19.4 Å². The average molecular weight is 283 g/mol. The second-order valence-corrected chi connectivity index (χ2v) is 5.55. The van der Waals surface area contributed by atoms with Crippen LogP contribution in [0.25, 0.3) is 0 Å². The summed E-state index contributed by atoms with van der Waals surface area (Å²) >= 11 is 0. The molecule has 102 valence electrons. The van der Waals surface area contributed by atoms with Gasteiger partial charge in [-0.3, -0.25) is 10.1 Å². The van der Waals surface area contributed by atoms with Crippen molar-refractivity contribution >= 4 is 15.7 Å². The molecule has 0 radical (unpaired) electrons. The SMILES string of the molecule is CCC(C#N)NS(=O)(=O)c1cccc([N+](=O)[O-])c1C. The first-order valence-electron chi connectivity index (χ1n) is 5.49. The Bertz CT molecular complexity index is 634. The molecule has 0 heterocycles. The van der Waals surface area contributed by atoms with E-state index in [4.69, 9.17) is 5.26 Å². The first kappa shape index (κ1) is 15.1. The first-order valence-corrected chi connectivity index (χ1v) is 6.97. The van der Waals surface area contributed by atoms with Crippen molar-refractivity contribution in [3.05, 3.63) is 33.9 Å². The number of benzene rings is 1. The Morgan fingerprint density at radius 1 is 1.53 bits per heavy atom. The number of nitrogens with zero attached hydrogens (tertiary/aromatic N) is 2. The monoisotopic (exact) mass is 283 g/mol. The zero-order valence-corrected chi connectivity index (χ0v) is 11.3. The summed E-state index contributed by atoms with van der Waals surface area (Å²) < 4.78 is 26.3. The summed E-state index contributed by atoms with van der Waals surface area (Å²) in [6.07, 6.45) is 0.309. The van der Waals surface area contributed by atoms with Crippen molar-refractivity contribution < 1.29 is 13.3 Å². The van der Waals surface area contributed by atoms with Gasteiger partial charge in [0, 0.05) is 11.6 Å². The Labute approximate surface area is 111 Å². The molecule has 0 aromatic heterocycles. The zero-order chi connectivity index (χ0) is 14.6. The Kier molecular flexibility index (Phi) is 4.58. The largest absolute Gasteiger partial charge is 0.273 e. The molecule has 0 amide bonds. The number of rotatable bonds is 5. The molecule has 8 heteroatoms. The van der Waals surface area contributed by atoms with Gasteiger partial charge in [-0.2, -0.15) is 9.98 Å². The van der Waals surface area contributed by atoms with Gasteiger partial charge in [0.25, 0.3) is 5.69 Å². The van der Waals surface area contributed by atoms with Crippen molar-refractivity contribution in [1.82, 2.24) is 4.72 Å². The van der Waals surface area contributed by atoms with E-state index in [9.17, 15) is 18.5 Å². The number of sulfonamides is 1. The minimum absolute atomic E-state index is 0.0489. The Morgan fingerprint density at radius 3 is 2.63 bits per heavy atom. The summed E-state index contributed by atoms with van der Waals surface area (Å²) in [7, 11) is -3.95. The van der Waals surface area contributed by atoms with Gasteiger partial charge in [0.15, 0.2) is 0 Å². The van der Waals surface area contributed by atoms with Gasteiger partial charge in [-0.1, -0.05) is 13.0 Å². The molecule has 1 unspecified atom stereocenters.